The molecule has 0 saturated heterocycles. The molecule has 1 atom stereocenters. The Morgan fingerprint density at radius 3 is 2.71 bits per heavy atom. The number of halogens is 1. The highest BCUT2D eigenvalue weighted by Gasteiger charge is 2.35. The normalized spacial score (nSPS) is 18.8. The monoisotopic (exact) mass is 255 g/mol. The molecule has 0 spiro atoms. The van der Waals surface area contributed by atoms with Gasteiger partial charge in [0, 0.05) is 5.02 Å². The summed E-state index contributed by atoms with van der Waals surface area (Å²) in [5.41, 5.74) is 0.288. The van der Waals surface area contributed by atoms with Crippen LogP contribution in [0.25, 0.3) is 0 Å². The van der Waals surface area contributed by atoms with E-state index in [0.29, 0.717) is 5.02 Å². The fourth-order valence-electron chi connectivity index (χ4n) is 1.43. The van der Waals surface area contributed by atoms with Gasteiger partial charge in [0.2, 0.25) is 0 Å². The van der Waals surface area contributed by atoms with Crippen LogP contribution in [-0.2, 0) is 4.79 Å². The zero-order chi connectivity index (χ0) is 12.6. The first-order chi connectivity index (χ1) is 7.99. The van der Waals surface area contributed by atoms with Gasteiger partial charge in [0.15, 0.2) is 0 Å². The van der Waals surface area contributed by atoms with Gasteiger partial charge in [0.25, 0.3) is 5.91 Å². The van der Waals surface area contributed by atoms with Crippen molar-refractivity contribution in [3.63, 3.8) is 0 Å². The summed E-state index contributed by atoms with van der Waals surface area (Å²) in [7, 11) is 0. The van der Waals surface area contributed by atoms with Crippen LogP contribution in [0.3, 0.4) is 0 Å². The van der Waals surface area contributed by atoms with Gasteiger partial charge in [-0.25, -0.2) is 0 Å². The molecule has 8 heteroatoms. The minimum Gasteiger partial charge on any atom is -0.318 e. The number of nitrogens with one attached hydrogen (secondary N) is 2. The molecule has 7 nitrogen and oxygen atoms in total. The Morgan fingerprint density at radius 1 is 1.35 bits per heavy atom. The lowest BCUT2D eigenvalue weighted by Crippen LogP contribution is -2.46. The lowest BCUT2D eigenvalue weighted by Gasteiger charge is -2.05. The van der Waals surface area contributed by atoms with Crippen molar-refractivity contribution in [2.45, 2.75) is 6.17 Å². The summed E-state index contributed by atoms with van der Waals surface area (Å²) >= 11 is 5.71. The van der Waals surface area contributed by atoms with Crippen molar-refractivity contribution in [2.75, 3.05) is 5.32 Å². The van der Waals surface area contributed by atoms with Crippen molar-refractivity contribution in [1.29, 1.82) is 0 Å². The van der Waals surface area contributed by atoms with Gasteiger partial charge in [0.1, 0.15) is 0 Å². The highest BCUT2D eigenvalue weighted by molar-refractivity contribution is 6.31. The van der Waals surface area contributed by atoms with Crippen LogP contribution < -0.4 is 10.6 Å². The van der Waals surface area contributed by atoms with E-state index in [4.69, 9.17) is 11.6 Å². The molecule has 1 unspecified atom stereocenters. The van der Waals surface area contributed by atoms with Crippen LogP contribution in [0, 0.1) is 10.1 Å². The molecule has 0 bridgehead atoms. The second kappa shape index (κ2) is 4.02. The van der Waals surface area contributed by atoms with Crippen LogP contribution in [0.1, 0.15) is 10.4 Å². The summed E-state index contributed by atoms with van der Waals surface area (Å²) in [6, 6.07) is 4.20. The molecule has 2 N–H and O–H groups in total. The average molecular weight is 256 g/mol. The van der Waals surface area contributed by atoms with E-state index >= 15 is 0 Å². The molecule has 2 rings (SSSR count). The fourth-order valence-corrected chi connectivity index (χ4v) is 1.61. The number of amides is 2. The molecular weight excluding hydrogens is 250 g/mol. The Morgan fingerprint density at radius 2 is 2.06 bits per heavy atom. The maximum Gasteiger partial charge on any atom is 0.365 e. The van der Waals surface area contributed by atoms with Gasteiger partial charge in [0.05, 0.1) is 16.2 Å². The summed E-state index contributed by atoms with van der Waals surface area (Å²) in [4.78, 5) is 32.8. The Balaban J connectivity index is 2.46. The molecule has 1 heterocycles. The van der Waals surface area contributed by atoms with E-state index in [1.54, 1.807) is 0 Å². The predicted octanol–water partition coefficient (Wildman–Crippen LogP) is 0.625. The number of carbonyl (C=O) groups is 2. The largest absolute Gasteiger partial charge is 0.365 e. The van der Waals surface area contributed by atoms with Gasteiger partial charge in [-0.2, -0.15) is 0 Å². The SMILES string of the molecule is O=C1NC([N+](=O)[O-])C(=O)Nc2cc(Cl)ccc21. The molecule has 1 aromatic carbocycles. The Labute approximate surface area is 99.9 Å². The van der Waals surface area contributed by atoms with Crippen molar-refractivity contribution in [1.82, 2.24) is 5.32 Å². The Kier molecular flexibility index (Phi) is 2.68. The number of fused-ring (bicyclic) bond motifs is 1. The van der Waals surface area contributed by atoms with E-state index < -0.39 is 22.9 Å². The lowest BCUT2D eigenvalue weighted by molar-refractivity contribution is -0.510. The first-order valence-corrected chi connectivity index (χ1v) is 4.91. The van der Waals surface area contributed by atoms with Gasteiger partial charge in [-0.1, -0.05) is 11.6 Å². The van der Waals surface area contributed by atoms with E-state index in [1.165, 1.54) is 18.2 Å². The summed E-state index contributed by atoms with van der Waals surface area (Å²) < 4.78 is 0. The number of nitrogens with zero attached hydrogens (tertiary/aromatic N) is 1. The molecule has 1 aromatic rings. The van der Waals surface area contributed by atoms with Crippen LogP contribution in [0.4, 0.5) is 5.69 Å². The van der Waals surface area contributed by atoms with Crippen molar-refractivity contribution in [3.05, 3.63) is 38.9 Å². The number of hydrogen-bond acceptors (Lipinski definition) is 4. The predicted molar refractivity (Wildman–Crippen MR) is 58.3 cm³/mol. The van der Waals surface area contributed by atoms with Crippen molar-refractivity contribution >= 4 is 29.1 Å². The molecule has 1 aliphatic heterocycles. The van der Waals surface area contributed by atoms with Crippen LogP contribution in [0.2, 0.25) is 5.02 Å². The topological polar surface area (TPSA) is 101 Å². The first-order valence-electron chi connectivity index (χ1n) is 4.54. The highest BCUT2D eigenvalue weighted by Crippen LogP contribution is 2.23. The third-order valence-corrected chi connectivity index (χ3v) is 2.45. The second-order valence-electron chi connectivity index (χ2n) is 3.34. The molecular formula is C9H6ClN3O4. The van der Waals surface area contributed by atoms with E-state index in [9.17, 15) is 19.7 Å². The van der Waals surface area contributed by atoms with Crippen LogP contribution in [-0.4, -0.2) is 22.9 Å². The van der Waals surface area contributed by atoms with E-state index in [1.807, 2.05) is 5.32 Å². The Bertz CT molecular complexity index is 531. The zero-order valence-corrected chi connectivity index (χ0v) is 9.02. The minimum atomic E-state index is -1.80. The zero-order valence-electron chi connectivity index (χ0n) is 8.27. The third-order valence-electron chi connectivity index (χ3n) is 2.21. The molecule has 88 valence electrons. The maximum atomic E-state index is 11.6. The first kappa shape index (κ1) is 11.3. The lowest BCUT2D eigenvalue weighted by atomic mass is 10.1. The van der Waals surface area contributed by atoms with E-state index in [2.05, 4.69) is 5.32 Å². The smallest absolute Gasteiger partial charge is 0.318 e. The molecule has 0 aromatic heterocycles. The summed E-state index contributed by atoms with van der Waals surface area (Å²) in [6.07, 6.45) is -1.80. The van der Waals surface area contributed by atoms with Crippen LogP contribution in [0.5, 0.6) is 0 Å². The third kappa shape index (κ3) is 2.04. The molecule has 0 radical (unpaired) electrons. The van der Waals surface area contributed by atoms with Gasteiger partial charge in [-0.05, 0) is 18.2 Å². The number of carbonyl (C=O) groups excluding carboxylic acids is 2. The molecule has 0 aliphatic carbocycles. The summed E-state index contributed by atoms with van der Waals surface area (Å²) in [5, 5.41) is 15.2. The average Bonchev–Trinajstić information content (AvgIpc) is 2.35. The molecule has 0 saturated carbocycles. The number of anilines is 1. The number of rotatable bonds is 1. The molecule has 1 aliphatic rings. The van der Waals surface area contributed by atoms with E-state index in [0.717, 1.165) is 0 Å². The van der Waals surface area contributed by atoms with Gasteiger partial charge in [-0.3, -0.25) is 25.0 Å². The summed E-state index contributed by atoms with van der Waals surface area (Å²) in [5.74, 6) is -1.61. The molecule has 0 fully saturated rings. The van der Waals surface area contributed by atoms with Gasteiger partial charge in [-0.15, -0.1) is 0 Å². The van der Waals surface area contributed by atoms with Gasteiger partial charge < -0.3 is 5.32 Å². The standard InChI is InChI=1S/C9H6ClN3O4/c10-4-1-2-5-6(3-4)11-9(15)7(13(16)17)12-8(5)14/h1-3,7H,(H,11,15)(H,12,14). The van der Waals surface area contributed by atoms with Gasteiger partial charge >= 0.3 is 12.1 Å². The highest BCUT2D eigenvalue weighted by atomic mass is 35.5. The Hall–Kier alpha value is -2.15. The molecule has 17 heavy (non-hydrogen) atoms. The quantitative estimate of drug-likeness (QED) is 0.567. The number of benzene rings is 1. The minimum absolute atomic E-state index is 0.132. The second-order valence-corrected chi connectivity index (χ2v) is 3.78. The van der Waals surface area contributed by atoms with E-state index in [-0.39, 0.29) is 11.3 Å². The fraction of sp³-hybridized carbons (Fsp3) is 0.111. The van der Waals surface area contributed by atoms with Crippen LogP contribution >= 0.6 is 11.6 Å². The number of hydrogen-bond donors (Lipinski definition) is 2. The van der Waals surface area contributed by atoms with Crippen molar-refractivity contribution in [2.24, 2.45) is 0 Å². The maximum absolute atomic E-state index is 11.6. The van der Waals surface area contributed by atoms with Crippen LogP contribution in [0.15, 0.2) is 18.2 Å². The summed E-state index contributed by atoms with van der Waals surface area (Å²) in [6.45, 7) is 0. The molecule has 2 amide bonds. The van der Waals surface area contributed by atoms with Crippen molar-refractivity contribution < 1.29 is 14.5 Å². The van der Waals surface area contributed by atoms with Crippen molar-refractivity contribution in [3.8, 4) is 0 Å². The number of nitro groups is 1.